The molecule has 1 aromatic heterocycles. The molecular formula is C11H19ClN2OS. The van der Waals surface area contributed by atoms with Crippen LogP contribution in [0.2, 0.25) is 0 Å². The second-order valence-corrected chi connectivity index (χ2v) is 5.06. The number of rotatable bonds is 8. The topological polar surface area (TPSA) is 36.4 Å². The van der Waals surface area contributed by atoms with Crippen molar-refractivity contribution in [2.24, 2.45) is 0 Å². The van der Waals surface area contributed by atoms with Crippen molar-refractivity contribution in [2.45, 2.75) is 25.1 Å². The SMILES string of the molecule is CN(CCO)CCCCc1nc(CCl)cs1. The first-order chi connectivity index (χ1) is 7.76. The first kappa shape index (κ1) is 13.9. The zero-order valence-corrected chi connectivity index (χ0v) is 11.2. The molecule has 0 aliphatic rings. The lowest BCUT2D eigenvalue weighted by atomic mass is 10.2. The van der Waals surface area contributed by atoms with Gasteiger partial charge in [-0.1, -0.05) is 0 Å². The number of aliphatic hydroxyl groups is 1. The minimum atomic E-state index is 0.238. The van der Waals surface area contributed by atoms with Crippen LogP contribution in [0.5, 0.6) is 0 Å². The van der Waals surface area contributed by atoms with E-state index in [0.29, 0.717) is 5.88 Å². The van der Waals surface area contributed by atoms with Gasteiger partial charge in [-0.2, -0.15) is 0 Å². The first-order valence-electron chi connectivity index (χ1n) is 5.55. The molecular weight excluding hydrogens is 244 g/mol. The number of alkyl halides is 1. The Morgan fingerprint density at radius 2 is 2.25 bits per heavy atom. The number of unbranched alkanes of at least 4 members (excludes halogenated alkanes) is 1. The fourth-order valence-corrected chi connectivity index (χ4v) is 2.53. The molecule has 0 bridgehead atoms. The molecule has 0 aromatic carbocycles. The van der Waals surface area contributed by atoms with Crippen LogP contribution >= 0.6 is 22.9 Å². The summed E-state index contributed by atoms with van der Waals surface area (Å²) in [4.78, 5) is 6.56. The van der Waals surface area contributed by atoms with Crippen LogP contribution in [0.15, 0.2) is 5.38 Å². The van der Waals surface area contributed by atoms with Gasteiger partial charge in [-0.25, -0.2) is 4.98 Å². The molecule has 1 N–H and O–H groups in total. The van der Waals surface area contributed by atoms with E-state index in [1.807, 2.05) is 12.4 Å². The lowest BCUT2D eigenvalue weighted by Gasteiger charge is -2.13. The van der Waals surface area contributed by atoms with Crippen molar-refractivity contribution >= 4 is 22.9 Å². The summed E-state index contributed by atoms with van der Waals surface area (Å²) < 4.78 is 0. The smallest absolute Gasteiger partial charge is 0.0928 e. The summed E-state index contributed by atoms with van der Waals surface area (Å²) >= 11 is 7.39. The molecule has 0 unspecified atom stereocenters. The average Bonchev–Trinajstić information content (AvgIpc) is 2.73. The minimum absolute atomic E-state index is 0.238. The molecule has 1 rings (SSSR count). The Kier molecular flexibility index (Phi) is 6.96. The molecule has 0 amide bonds. The van der Waals surface area contributed by atoms with E-state index in [2.05, 4.69) is 9.88 Å². The number of halogens is 1. The molecule has 0 aliphatic heterocycles. The Balaban J connectivity index is 2.11. The van der Waals surface area contributed by atoms with E-state index in [1.165, 1.54) is 5.01 Å². The highest BCUT2D eigenvalue weighted by atomic mass is 35.5. The highest BCUT2D eigenvalue weighted by molar-refractivity contribution is 7.09. The maximum atomic E-state index is 8.74. The summed E-state index contributed by atoms with van der Waals surface area (Å²) in [7, 11) is 2.03. The number of nitrogens with zero attached hydrogens (tertiary/aromatic N) is 2. The molecule has 0 aliphatic carbocycles. The Morgan fingerprint density at radius 3 is 2.88 bits per heavy atom. The fraction of sp³-hybridized carbons (Fsp3) is 0.727. The van der Waals surface area contributed by atoms with Gasteiger partial charge in [-0.3, -0.25) is 0 Å². The monoisotopic (exact) mass is 262 g/mol. The highest BCUT2D eigenvalue weighted by Gasteiger charge is 2.01. The Morgan fingerprint density at radius 1 is 1.44 bits per heavy atom. The molecule has 5 heteroatoms. The molecule has 92 valence electrons. The maximum absolute atomic E-state index is 8.74. The van der Waals surface area contributed by atoms with E-state index in [4.69, 9.17) is 16.7 Å². The second kappa shape index (κ2) is 8.01. The predicted molar refractivity (Wildman–Crippen MR) is 69.2 cm³/mol. The third-order valence-electron chi connectivity index (χ3n) is 2.40. The van der Waals surface area contributed by atoms with Gasteiger partial charge in [0.25, 0.3) is 0 Å². The van der Waals surface area contributed by atoms with Crippen LogP contribution in [-0.4, -0.2) is 41.7 Å². The lowest BCUT2D eigenvalue weighted by molar-refractivity contribution is 0.219. The van der Waals surface area contributed by atoms with Crippen LogP contribution in [0.3, 0.4) is 0 Å². The molecule has 0 spiro atoms. The highest BCUT2D eigenvalue weighted by Crippen LogP contribution is 2.14. The molecule has 1 aromatic rings. The van der Waals surface area contributed by atoms with Crippen LogP contribution in [0.4, 0.5) is 0 Å². The van der Waals surface area contributed by atoms with Gasteiger partial charge in [0.2, 0.25) is 0 Å². The largest absolute Gasteiger partial charge is 0.395 e. The Hall–Kier alpha value is -0.160. The van der Waals surface area contributed by atoms with Crippen molar-refractivity contribution in [3.63, 3.8) is 0 Å². The molecule has 0 radical (unpaired) electrons. The van der Waals surface area contributed by atoms with Gasteiger partial charge in [0.1, 0.15) is 0 Å². The van der Waals surface area contributed by atoms with Gasteiger partial charge < -0.3 is 10.0 Å². The molecule has 0 fully saturated rings. The summed E-state index contributed by atoms with van der Waals surface area (Å²) in [5.74, 6) is 0.510. The van der Waals surface area contributed by atoms with Gasteiger partial charge in [0, 0.05) is 11.9 Å². The molecule has 0 saturated heterocycles. The van der Waals surface area contributed by atoms with E-state index in [1.54, 1.807) is 11.3 Å². The third-order valence-corrected chi connectivity index (χ3v) is 3.63. The van der Waals surface area contributed by atoms with Crippen molar-refractivity contribution in [2.75, 3.05) is 26.7 Å². The summed E-state index contributed by atoms with van der Waals surface area (Å²) in [5, 5.41) is 11.9. The maximum Gasteiger partial charge on any atom is 0.0928 e. The fourth-order valence-electron chi connectivity index (χ4n) is 1.47. The van der Waals surface area contributed by atoms with Crippen LogP contribution in [0, 0.1) is 0 Å². The van der Waals surface area contributed by atoms with Crippen molar-refractivity contribution in [3.8, 4) is 0 Å². The van der Waals surface area contributed by atoms with Gasteiger partial charge in [0.15, 0.2) is 0 Å². The van der Waals surface area contributed by atoms with Crippen molar-refractivity contribution < 1.29 is 5.11 Å². The minimum Gasteiger partial charge on any atom is -0.395 e. The van der Waals surface area contributed by atoms with E-state index in [-0.39, 0.29) is 6.61 Å². The number of thiazole rings is 1. The zero-order chi connectivity index (χ0) is 11.8. The molecule has 0 atom stereocenters. The molecule has 0 saturated carbocycles. The molecule has 16 heavy (non-hydrogen) atoms. The van der Waals surface area contributed by atoms with Crippen LogP contribution in [-0.2, 0) is 12.3 Å². The van der Waals surface area contributed by atoms with E-state index >= 15 is 0 Å². The van der Waals surface area contributed by atoms with Gasteiger partial charge in [-0.15, -0.1) is 22.9 Å². The standard InChI is InChI=1S/C11H19ClN2OS/c1-14(6-7-15)5-3-2-4-11-13-10(8-12)9-16-11/h9,15H,2-8H2,1H3. The van der Waals surface area contributed by atoms with Crippen molar-refractivity contribution in [3.05, 3.63) is 16.1 Å². The number of likely N-dealkylation sites (N-methyl/N-ethyl adjacent to an activating group) is 1. The summed E-state index contributed by atoms with van der Waals surface area (Å²) in [6.45, 7) is 2.03. The first-order valence-corrected chi connectivity index (χ1v) is 6.96. The van der Waals surface area contributed by atoms with Crippen LogP contribution in [0.1, 0.15) is 23.5 Å². The Bertz CT molecular complexity index is 293. The zero-order valence-electron chi connectivity index (χ0n) is 9.65. The third kappa shape index (κ3) is 5.25. The number of hydrogen-bond acceptors (Lipinski definition) is 4. The van der Waals surface area contributed by atoms with Gasteiger partial charge in [0.05, 0.1) is 23.2 Å². The average molecular weight is 263 g/mol. The summed E-state index contributed by atoms with van der Waals surface area (Å²) in [6.07, 6.45) is 3.33. The van der Waals surface area contributed by atoms with Crippen LogP contribution in [0.25, 0.3) is 0 Å². The van der Waals surface area contributed by atoms with E-state index in [9.17, 15) is 0 Å². The predicted octanol–water partition coefficient (Wildman–Crippen LogP) is 2.13. The van der Waals surface area contributed by atoms with Crippen molar-refractivity contribution in [1.29, 1.82) is 0 Å². The Labute approximate surface area is 106 Å². The van der Waals surface area contributed by atoms with Gasteiger partial charge in [-0.05, 0) is 32.9 Å². The summed E-state index contributed by atoms with van der Waals surface area (Å²) in [6, 6.07) is 0. The quantitative estimate of drug-likeness (QED) is 0.576. The molecule has 3 nitrogen and oxygen atoms in total. The number of aromatic nitrogens is 1. The van der Waals surface area contributed by atoms with Gasteiger partial charge >= 0.3 is 0 Å². The number of aliphatic hydroxyl groups excluding tert-OH is 1. The normalized spacial score (nSPS) is 11.2. The van der Waals surface area contributed by atoms with E-state index < -0.39 is 0 Å². The number of aryl methyl sites for hydroxylation is 1. The summed E-state index contributed by atoms with van der Waals surface area (Å²) in [5.41, 5.74) is 0.985. The van der Waals surface area contributed by atoms with Crippen LogP contribution < -0.4 is 0 Å². The van der Waals surface area contributed by atoms with Crippen molar-refractivity contribution in [1.82, 2.24) is 9.88 Å². The molecule has 1 heterocycles. The number of hydrogen-bond donors (Lipinski definition) is 1. The second-order valence-electron chi connectivity index (χ2n) is 3.85. The van der Waals surface area contributed by atoms with E-state index in [0.717, 1.165) is 38.0 Å². The lowest BCUT2D eigenvalue weighted by Crippen LogP contribution is -2.23.